The number of hydrogen-bond acceptors (Lipinski definition) is 2. The molecule has 1 N–H and O–H groups in total. The van der Waals surface area contributed by atoms with E-state index in [0.717, 1.165) is 12.8 Å². The van der Waals surface area contributed by atoms with Crippen LogP contribution in [0.5, 0.6) is 0 Å². The van der Waals surface area contributed by atoms with E-state index in [1.165, 1.54) is 18.4 Å². The molecule has 120 valence electrons. The van der Waals surface area contributed by atoms with Gasteiger partial charge in [0.25, 0.3) is 0 Å². The zero-order chi connectivity index (χ0) is 16.6. The Hall–Kier alpha value is -1.22. The van der Waals surface area contributed by atoms with Crippen LogP contribution in [-0.2, 0) is 11.2 Å². The van der Waals surface area contributed by atoms with Crippen molar-refractivity contribution in [2.24, 2.45) is 0 Å². The Morgan fingerprint density at radius 2 is 1.67 bits per heavy atom. The zero-order valence-corrected chi connectivity index (χ0v) is 15.0. The fourth-order valence-electron chi connectivity index (χ4n) is 1.57. The molecule has 1 saturated carbocycles. The minimum absolute atomic E-state index is 0.280. The molecule has 1 fully saturated rings. The Labute approximate surface area is 135 Å². The molecule has 1 aromatic carbocycles. The van der Waals surface area contributed by atoms with Gasteiger partial charge in [-0.25, -0.2) is 0 Å². The van der Waals surface area contributed by atoms with Gasteiger partial charge < -0.3 is 4.72 Å². The van der Waals surface area contributed by atoms with Crippen LogP contribution < -0.4 is 4.72 Å². The smallest absolute Gasteiger partial charge is 0.216 e. The lowest BCUT2D eigenvalue weighted by molar-refractivity contribution is -0.107. The molecular formula is C18H31NOS. The molecule has 1 aromatic rings. The molecule has 1 aliphatic carbocycles. The quantitative estimate of drug-likeness (QED) is 0.448. The number of benzene rings is 1. The van der Waals surface area contributed by atoms with Gasteiger partial charge in [0.15, 0.2) is 0 Å². The SMILES string of the molecule is C=CC.CC.CC.O=CNSC1(Cc2ccccc2)CC1. The first-order valence-corrected chi connectivity index (χ1v) is 8.56. The van der Waals surface area contributed by atoms with Crippen LogP contribution >= 0.6 is 11.9 Å². The van der Waals surface area contributed by atoms with Gasteiger partial charge in [-0.3, -0.25) is 4.79 Å². The van der Waals surface area contributed by atoms with Gasteiger partial charge in [0.1, 0.15) is 0 Å². The third kappa shape index (κ3) is 11.1. The van der Waals surface area contributed by atoms with Crippen molar-refractivity contribution in [1.82, 2.24) is 4.72 Å². The van der Waals surface area contributed by atoms with E-state index in [-0.39, 0.29) is 4.75 Å². The molecule has 0 bridgehead atoms. The van der Waals surface area contributed by atoms with Crippen LogP contribution in [0.3, 0.4) is 0 Å². The molecule has 2 rings (SSSR count). The number of amides is 1. The van der Waals surface area contributed by atoms with Crippen molar-refractivity contribution in [2.75, 3.05) is 0 Å². The molecule has 3 heteroatoms. The first-order chi connectivity index (χ1) is 10.3. The maximum absolute atomic E-state index is 10.2. The van der Waals surface area contributed by atoms with Crippen molar-refractivity contribution < 1.29 is 4.79 Å². The second-order valence-corrected chi connectivity index (χ2v) is 5.40. The highest BCUT2D eigenvalue weighted by Gasteiger charge is 2.43. The lowest BCUT2D eigenvalue weighted by Gasteiger charge is -2.12. The van der Waals surface area contributed by atoms with Crippen LogP contribution in [0.1, 0.15) is 53.0 Å². The number of hydrogen-bond donors (Lipinski definition) is 1. The van der Waals surface area contributed by atoms with Gasteiger partial charge in [0, 0.05) is 4.75 Å². The zero-order valence-electron chi connectivity index (χ0n) is 14.2. The number of carbonyl (C=O) groups is 1. The number of carbonyl (C=O) groups excluding carboxylic acids is 1. The minimum atomic E-state index is 0.280. The van der Waals surface area contributed by atoms with E-state index >= 15 is 0 Å². The second-order valence-electron chi connectivity index (χ2n) is 4.09. The summed E-state index contributed by atoms with van der Waals surface area (Å²) >= 11 is 1.57. The van der Waals surface area contributed by atoms with Gasteiger partial charge in [0.2, 0.25) is 6.41 Å². The summed E-state index contributed by atoms with van der Waals surface area (Å²) in [5.74, 6) is 0. The van der Waals surface area contributed by atoms with Gasteiger partial charge in [-0.15, -0.1) is 6.58 Å². The van der Waals surface area contributed by atoms with E-state index in [2.05, 4.69) is 35.6 Å². The van der Waals surface area contributed by atoms with E-state index in [4.69, 9.17) is 0 Å². The molecule has 0 aromatic heterocycles. The Balaban J connectivity index is 0. The fourth-order valence-corrected chi connectivity index (χ4v) is 2.41. The summed E-state index contributed by atoms with van der Waals surface area (Å²) in [6.07, 6.45) is 5.97. The predicted octanol–water partition coefficient (Wildman–Crippen LogP) is 5.40. The Morgan fingerprint density at radius 1 is 1.19 bits per heavy atom. The lowest BCUT2D eigenvalue weighted by atomic mass is 10.1. The average molecular weight is 310 g/mol. The van der Waals surface area contributed by atoms with Gasteiger partial charge in [-0.05, 0) is 43.7 Å². The van der Waals surface area contributed by atoms with Crippen LogP contribution in [0.15, 0.2) is 43.0 Å². The first-order valence-electron chi connectivity index (χ1n) is 7.74. The van der Waals surface area contributed by atoms with E-state index in [0.29, 0.717) is 0 Å². The molecule has 1 aliphatic rings. The second kappa shape index (κ2) is 15.2. The van der Waals surface area contributed by atoms with E-state index in [1.54, 1.807) is 18.0 Å². The van der Waals surface area contributed by atoms with Crippen LogP contribution in [-0.4, -0.2) is 11.2 Å². The molecule has 0 heterocycles. The summed E-state index contributed by atoms with van der Waals surface area (Å²) in [5.41, 5.74) is 1.35. The summed E-state index contributed by atoms with van der Waals surface area (Å²) < 4.78 is 2.99. The van der Waals surface area contributed by atoms with E-state index < -0.39 is 0 Å². The van der Waals surface area contributed by atoms with Crippen molar-refractivity contribution in [3.05, 3.63) is 48.6 Å². The van der Waals surface area contributed by atoms with Crippen molar-refractivity contribution in [3.8, 4) is 0 Å². The molecule has 21 heavy (non-hydrogen) atoms. The van der Waals surface area contributed by atoms with E-state index in [9.17, 15) is 4.79 Å². The van der Waals surface area contributed by atoms with Crippen LogP contribution in [0.4, 0.5) is 0 Å². The number of allylic oxidation sites excluding steroid dienone is 1. The van der Waals surface area contributed by atoms with Crippen molar-refractivity contribution >= 4 is 18.4 Å². The summed E-state index contributed by atoms with van der Waals surface area (Å²) in [6, 6.07) is 10.4. The minimum Gasteiger partial charge on any atom is -0.302 e. The lowest BCUT2D eigenvalue weighted by Crippen LogP contribution is -2.14. The molecule has 0 atom stereocenters. The molecule has 2 nitrogen and oxygen atoms in total. The van der Waals surface area contributed by atoms with E-state index in [1.807, 2.05) is 40.7 Å². The molecular weight excluding hydrogens is 278 g/mol. The van der Waals surface area contributed by atoms with Gasteiger partial charge >= 0.3 is 0 Å². The average Bonchev–Trinajstić information content (AvgIpc) is 3.31. The number of rotatable bonds is 5. The van der Waals surface area contributed by atoms with Gasteiger partial charge in [0.05, 0.1) is 0 Å². The molecule has 0 spiro atoms. The summed E-state index contributed by atoms with van der Waals surface area (Å²) in [4.78, 5) is 10.2. The van der Waals surface area contributed by atoms with Gasteiger partial charge in [-0.1, -0.05) is 64.1 Å². The van der Waals surface area contributed by atoms with Crippen LogP contribution in [0.25, 0.3) is 0 Å². The third-order valence-electron chi connectivity index (χ3n) is 2.50. The van der Waals surface area contributed by atoms with Crippen molar-refractivity contribution in [1.29, 1.82) is 0 Å². The highest BCUT2D eigenvalue weighted by Crippen LogP contribution is 2.49. The third-order valence-corrected chi connectivity index (χ3v) is 3.70. The first kappa shape index (κ1) is 22.1. The van der Waals surface area contributed by atoms with Crippen molar-refractivity contribution in [2.45, 2.75) is 58.6 Å². The Bertz CT molecular complexity index is 347. The molecule has 0 unspecified atom stereocenters. The van der Waals surface area contributed by atoms with Gasteiger partial charge in [-0.2, -0.15) is 0 Å². The number of nitrogens with one attached hydrogen (secondary N) is 1. The van der Waals surface area contributed by atoms with Crippen LogP contribution in [0, 0.1) is 0 Å². The molecule has 0 saturated heterocycles. The Kier molecular flexibility index (Phi) is 15.9. The maximum atomic E-state index is 10.2. The maximum Gasteiger partial charge on any atom is 0.216 e. The summed E-state index contributed by atoms with van der Waals surface area (Å²) in [5, 5.41) is 0. The highest BCUT2D eigenvalue weighted by molar-refractivity contribution is 7.99. The van der Waals surface area contributed by atoms with Crippen LogP contribution in [0.2, 0.25) is 0 Å². The fraction of sp³-hybridized carbons (Fsp3) is 0.500. The summed E-state index contributed by atoms with van der Waals surface area (Å²) in [7, 11) is 0. The highest BCUT2D eigenvalue weighted by atomic mass is 32.2. The standard InChI is InChI=1S/C11H13NOS.C3H6.2C2H6/c13-9-12-14-11(6-7-11)8-10-4-2-1-3-5-10;1-3-2;2*1-2/h1-5,9H,6-8H2,(H,12,13);3H,1H2,2H3;2*1-2H3. The molecule has 0 aliphatic heterocycles. The molecule has 0 radical (unpaired) electrons. The normalized spacial score (nSPS) is 12.8. The largest absolute Gasteiger partial charge is 0.302 e. The Morgan fingerprint density at radius 3 is 2.05 bits per heavy atom. The monoisotopic (exact) mass is 309 g/mol. The van der Waals surface area contributed by atoms with Crippen molar-refractivity contribution in [3.63, 3.8) is 0 Å². The topological polar surface area (TPSA) is 29.1 Å². The molecule has 1 amide bonds. The predicted molar refractivity (Wildman–Crippen MR) is 97.5 cm³/mol. The summed E-state index contributed by atoms with van der Waals surface area (Å²) in [6.45, 7) is 13.2.